The van der Waals surface area contributed by atoms with Crippen LogP contribution in [0.2, 0.25) is 0 Å². The van der Waals surface area contributed by atoms with E-state index in [1.54, 1.807) is 24.1 Å². The summed E-state index contributed by atoms with van der Waals surface area (Å²) in [5.74, 6) is 3.11. The van der Waals surface area contributed by atoms with Crippen LogP contribution >= 0.6 is 0 Å². The molecule has 140 valence electrons. The van der Waals surface area contributed by atoms with Crippen molar-refractivity contribution in [2.75, 3.05) is 26.9 Å². The molecule has 4 rings (SSSR count). The molecule has 26 heavy (non-hydrogen) atoms. The van der Waals surface area contributed by atoms with Gasteiger partial charge in [0.2, 0.25) is 0 Å². The van der Waals surface area contributed by atoms with E-state index in [0.29, 0.717) is 37.1 Å². The van der Waals surface area contributed by atoms with Gasteiger partial charge in [0.15, 0.2) is 11.6 Å². The third-order valence-electron chi connectivity index (χ3n) is 5.08. The van der Waals surface area contributed by atoms with Crippen molar-refractivity contribution in [3.8, 4) is 0 Å². The summed E-state index contributed by atoms with van der Waals surface area (Å²) in [6.07, 6.45) is 1.95. The molecule has 0 aliphatic carbocycles. The first-order chi connectivity index (χ1) is 12.7. The van der Waals surface area contributed by atoms with Gasteiger partial charge in [-0.3, -0.25) is 4.79 Å². The van der Waals surface area contributed by atoms with Gasteiger partial charge in [0.05, 0.1) is 12.6 Å². The maximum Gasteiger partial charge on any atom is 0.290 e. The first-order valence-corrected chi connectivity index (χ1v) is 9.05. The number of aromatic nitrogens is 3. The summed E-state index contributed by atoms with van der Waals surface area (Å²) in [5, 5.41) is 8.82. The number of carbonyl (C=O) groups is 1. The molecule has 1 fully saturated rings. The lowest BCUT2D eigenvalue weighted by atomic mass is 9.99. The summed E-state index contributed by atoms with van der Waals surface area (Å²) in [6, 6.07) is 3.60. The van der Waals surface area contributed by atoms with Crippen molar-refractivity contribution < 1.29 is 18.7 Å². The number of hydrogen-bond donors (Lipinski definition) is 0. The number of hydrogen-bond acceptors (Lipinski definition) is 6. The number of methoxy groups -OCH3 is 1. The largest absolute Gasteiger partial charge is 0.453 e. The Morgan fingerprint density at radius 3 is 2.88 bits per heavy atom. The molecule has 2 aliphatic rings. The van der Waals surface area contributed by atoms with E-state index >= 15 is 0 Å². The second-order valence-corrected chi connectivity index (χ2v) is 6.96. The normalized spacial score (nSPS) is 21.0. The van der Waals surface area contributed by atoms with Crippen LogP contribution in [0.15, 0.2) is 16.5 Å². The van der Waals surface area contributed by atoms with Crippen LogP contribution in [-0.2, 0) is 22.6 Å². The van der Waals surface area contributed by atoms with Crippen molar-refractivity contribution in [1.82, 2.24) is 19.7 Å². The lowest BCUT2D eigenvalue weighted by Gasteiger charge is -2.33. The van der Waals surface area contributed by atoms with Crippen molar-refractivity contribution in [3.05, 3.63) is 35.3 Å². The molecule has 2 aromatic heterocycles. The van der Waals surface area contributed by atoms with Crippen LogP contribution in [0.4, 0.5) is 0 Å². The van der Waals surface area contributed by atoms with E-state index in [2.05, 4.69) is 21.7 Å². The van der Waals surface area contributed by atoms with E-state index in [1.807, 2.05) is 0 Å². The maximum atomic E-state index is 12.8. The zero-order valence-electron chi connectivity index (χ0n) is 15.2. The van der Waals surface area contributed by atoms with Crippen LogP contribution < -0.4 is 0 Å². The maximum absolute atomic E-state index is 12.8. The van der Waals surface area contributed by atoms with Crippen LogP contribution in [0.25, 0.3) is 0 Å². The molecule has 0 unspecified atom stereocenters. The Kier molecular flexibility index (Phi) is 4.78. The van der Waals surface area contributed by atoms with Gasteiger partial charge in [0.25, 0.3) is 5.91 Å². The number of nitrogens with zero attached hydrogens (tertiary/aromatic N) is 4. The minimum atomic E-state index is -0.124. The molecule has 0 radical (unpaired) electrons. The van der Waals surface area contributed by atoms with E-state index < -0.39 is 0 Å². The number of fused-ring (bicyclic) bond motifs is 1. The van der Waals surface area contributed by atoms with Crippen LogP contribution in [0.3, 0.4) is 0 Å². The van der Waals surface area contributed by atoms with Crippen molar-refractivity contribution >= 4 is 5.91 Å². The zero-order valence-corrected chi connectivity index (χ0v) is 15.2. The lowest BCUT2D eigenvalue weighted by Crippen LogP contribution is -2.41. The molecule has 0 saturated carbocycles. The van der Waals surface area contributed by atoms with Crippen LogP contribution in [0.1, 0.15) is 59.7 Å². The molecule has 8 nitrogen and oxygen atoms in total. The Labute approximate surface area is 152 Å². The van der Waals surface area contributed by atoms with Gasteiger partial charge in [-0.15, -0.1) is 10.2 Å². The Morgan fingerprint density at radius 2 is 2.12 bits per heavy atom. The highest BCUT2D eigenvalue weighted by Gasteiger charge is 2.33. The highest BCUT2D eigenvalue weighted by atomic mass is 16.5. The van der Waals surface area contributed by atoms with Crippen molar-refractivity contribution in [3.63, 3.8) is 0 Å². The van der Waals surface area contributed by atoms with Gasteiger partial charge in [-0.05, 0) is 31.9 Å². The third kappa shape index (κ3) is 3.14. The molecule has 2 aliphatic heterocycles. The van der Waals surface area contributed by atoms with E-state index in [0.717, 1.165) is 37.7 Å². The molecular formula is C18H24N4O4. The first kappa shape index (κ1) is 17.2. The van der Waals surface area contributed by atoms with Crippen molar-refractivity contribution in [2.45, 2.75) is 44.9 Å². The highest BCUT2D eigenvalue weighted by molar-refractivity contribution is 5.91. The van der Waals surface area contributed by atoms with E-state index in [-0.39, 0.29) is 11.9 Å². The number of carbonyl (C=O) groups excluding carboxylic acids is 1. The van der Waals surface area contributed by atoms with Gasteiger partial charge in [0, 0.05) is 32.8 Å². The van der Waals surface area contributed by atoms with E-state index in [1.165, 1.54) is 0 Å². The quantitative estimate of drug-likeness (QED) is 0.831. The van der Waals surface area contributed by atoms with Crippen LogP contribution in [-0.4, -0.2) is 52.4 Å². The summed E-state index contributed by atoms with van der Waals surface area (Å²) in [7, 11) is 1.60. The summed E-state index contributed by atoms with van der Waals surface area (Å²) < 4.78 is 18.3. The predicted molar refractivity (Wildman–Crippen MR) is 91.7 cm³/mol. The van der Waals surface area contributed by atoms with Gasteiger partial charge in [-0.25, -0.2) is 0 Å². The van der Waals surface area contributed by atoms with Gasteiger partial charge < -0.3 is 23.4 Å². The van der Waals surface area contributed by atoms with Gasteiger partial charge >= 0.3 is 0 Å². The van der Waals surface area contributed by atoms with Gasteiger partial charge in [-0.1, -0.05) is 0 Å². The number of furan rings is 1. The summed E-state index contributed by atoms with van der Waals surface area (Å²) in [5.41, 5.74) is 0. The molecule has 0 spiro atoms. The predicted octanol–water partition coefficient (Wildman–Crippen LogP) is 2.13. The molecular weight excluding hydrogens is 336 g/mol. The molecule has 2 aromatic rings. The summed E-state index contributed by atoms with van der Waals surface area (Å²) >= 11 is 0. The van der Waals surface area contributed by atoms with Crippen molar-refractivity contribution in [2.24, 2.45) is 0 Å². The molecule has 1 atom stereocenters. The molecule has 1 saturated heterocycles. The fourth-order valence-electron chi connectivity index (χ4n) is 3.82. The highest BCUT2D eigenvalue weighted by Crippen LogP contribution is 2.31. The van der Waals surface area contributed by atoms with Gasteiger partial charge in [0.1, 0.15) is 18.2 Å². The minimum Gasteiger partial charge on any atom is -0.453 e. The number of amides is 1. The standard InChI is InChI=1S/C18H24N4O4/c1-12-9-21(18(23)15-4-3-14(26-15)11-24-2)10-16-19-20-17(22(12)16)13-5-7-25-8-6-13/h3-4,12-13H,5-11H2,1-2H3/t12-/m0/s1. The Hall–Kier alpha value is -2.19. The minimum absolute atomic E-state index is 0.124. The van der Waals surface area contributed by atoms with Gasteiger partial charge in [-0.2, -0.15) is 0 Å². The molecule has 1 amide bonds. The first-order valence-electron chi connectivity index (χ1n) is 9.05. The molecule has 4 heterocycles. The molecule has 8 heteroatoms. The Bertz CT molecular complexity index is 778. The summed E-state index contributed by atoms with van der Waals surface area (Å²) in [4.78, 5) is 14.6. The Morgan fingerprint density at radius 1 is 1.31 bits per heavy atom. The molecule has 0 N–H and O–H groups in total. The summed E-state index contributed by atoms with van der Waals surface area (Å²) in [6.45, 7) is 5.06. The molecule has 0 bridgehead atoms. The topological polar surface area (TPSA) is 82.6 Å². The van der Waals surface area contributed by atoms with E-state index in [4.69, 9.17) is 13.9 Å². The average Bonchev–Trinajstić information content (AvgIpc) is 3.29. The fourth-order valence-corrected chi connectivity index (χ4v) is 3.82. The monoisotopic (exact) mass is 360 g/mol. The Balaban J connectivity index is 1.52. The van der Waals surface area contributed by atoms with Crippen LogP contribution in [0.5, 0.6) is 0 Å². The second kappa shape index (κ2) is 7.20. The number of rotatable bonds is 4. The fraction of sp³-hybridized carbons (Fsp3) is 0.611. The SMILES string of the molecule is COCc1ccc(C(=O)N2Cc3nnc(C4CCOCC4)n3[C@@H](C)C2)o1. The second-order valence-electron chi connectivity index (χ2n) is 6.96. The average molecular weight is 360 g/mol. The zero-order chi connectivity index (χ0) is 18.1. The van der Waals surface area contributed by atoms with Crippen LogP contribution in [0, 0.1) is 0 Å². The lowest BCUT2D eigenvalue weighted by molar-refractivity contribution is 0.0631. The number of ether oxygens (including phenoxy) is 2. The molecule has 0 aromatic carbocycles. The third-order valence-corrected chi connectivity index (χ3v) is 5.08. The van der Waals surface area contributed by atoms with E-state index in [9.17, 15) is 4.79 Å². The van der Waals surface area contributed by atoms with Crippen molar-refractivity contribution in [1.29, 1.82) is 0 Å². The smallest absolute Gasteiger partial charge is 0.290 e.